The van der Waals surface area contributed by atoms with Crippen LogP contribution in [0.5, 0.6) is 0 Å². The van der Waals surface area contributed by atoms with E-state index in [0.717, 1.165) is 4.31 Å². The molecule has 7 heteroatoms. The number of sulfonamides is 1. The monoisotopic (exact) mass is 314 g/mol. The first kappa shape index (κ1) is 17.5. The van der Waals surface area contributed by atoms with Crippen molar-refractivity contribution in [2.24, 2.45) is 5.92 Å². The Morgan fingerprint density at radius 1 is 1.24 bits per heavy atom. The fraction of sp³-hybridized carbons (Fsp3) is 0.500. The van der Waals surface area contributed by atoms with Gasteiger partial charge in [0, 0.05) is 27.7 Å². The maximum Gasteiger partial charge on any atom is 0.337 e. The summed E-state index contributed by atoms with van der Waals surface area (Å²) in [6.45, 7) is 4.74. The normalized spacial score (nSPS) is 12.0. The van der Waals surface area contributed by atoms with Gasteiger partial charge < -0.3 is 10.0 Å². The van der Waals surface area contributed by atoms with Crippen molar-refractivity contribution in [3.05, 3.63) is 23.8 Å². The van der Waals surface area contributed by atoms with Gasteiger partial charge in [0.2, 0.25) is 10.0 Å². The average Bonchev–Trinajstić information content (AvgIpc) is 2.36. The Kier molecular flexibility index (Phi) is 5.36. The molecule has 21 heavy (non-hydrogen) atoms. The SMILES string of the molecule is CC(C)CN(C)c1ccc(S(=O)(=O)N(C)C)cc1C(=O)O. The van der Waals surface area contributed by atoms with Gasteiger partial charge in [-0.3, -0.25) is 0 Å². The summed E-state index contributed by atoms with van der Waals surface area (Å²) in [7, 11) is 0.969. The Morgan fingerprint density at radius 2 is 1.81 bits per heavy atom. The van der Waals surface area contributed by atoms with Crippen LogP contribution in [-0.2, 0) is 10.0 Å². The summed E-state index contributed by atoms with van der Waals surface area (Å²) in [5, 5.41) is 9.34. The number of aromatic carboxylic acids is 1. The summed E-state index contributed by atoms with van der Waals surface area (Å²) in [4.78, 5) is 13.2. The molecule has 0 atom stereocenters. The van der Waals surface area contributed by atoms with Gasteiger partial charge in [-0.05, 0) is 24.1 Å². The number of carboxylic acid groups (broad SMARTS) is 1. The minimum absolute atomic E-state index is 0.0129. The number of hydrogen-bond acceptors (Lipinski definition) is 4. The fourth-order valence-corrected chi connectivity index (χ4v) is 2.97. The molecule has 0 saturated heterocycles. The lowest BCUT2D eigenvalue weighted by molar-refractivity contribution is 0.0697. The molecule has 0 aliphatic carbocycles. The highest BCUT2D eigenvalue weighted by molar-refractivity contribution is 7.89. The van der Waals surface area contributed by atoms with E-state index >= 15 is 0 Å². The van der Waals surface area contributed by atoms with Gasteiger partial charge in [-0.1, -0.05) is 13.8 Å². The van der Waals surface area contributed by atoms with Crippen LogP contribution in [0.1, 0.15) is 24.2 Å². The summed E-state index contributed by atoms with van der Waals surface area (Å²) >= 11 is 0. The van der Waals surface area contributed by atoms with Crippen molar-refractivity contribution in [1.29, 1.82) is 0 Å². The molecule has 0 radical (unpaired) electrons. The minimum atomic E-state index is -3.65. The second kappa shape index (κ2) is 6.44. The maximum absolute atomic E-state index is 12.1. The molecule has 1 aromatic rings. The summed E-state index contributed by atoms with van der Waals surface area (Å²) in [6, 6.07) is 4.19. The van der Waals surface area contributed by atoms with Crippen molar-refractivity contribution in [2.75, 3.05) is 32.6 Å². The minimum Gasteiger partial charge on any atom is -0.478 e. The van der Waals surface area contributed by atoms with Crippen molar-refractivity contribution >= 4 is 21.7 Å². The molecule has 0 aliphatic rings. The number of nitrogens with zero attached hydrogens (tertiary/aromatic N) is 2. The molecule has 0 saturated carbocycles. The first-order chi connectivity index (χ1) is 9.57. The third kappa shape index (κ3) is 3.95. The second-order valence-electron chi connectivity index (χ2n) is 5.55. The van der Waals surface area contributed by atoms with Gasteiger partial charge >= 0.3 is 5.97 Å². The van der Waals surface area contributed by atoms with E-state index in [4.69, 9.17) is 0 Å². The van der Waals surface area contributed by atoms with Crippen molar-refractivity contribution in [2.45, 2.75) is 18.7 Å². The van der Waals surface area contributed by atoms with Gasteiger partial charge in [-0.15, -0.1) is 0 Å². The lowest BCUT2D eigenvalue weighted by Crippen LogP contribution is -2.26. The fourth-order valence-electron chi connectivity index (χ4n) is 2.04. The number of carbonyl (C=O) groups is 1. The first-order valence-electron chi connectivity index (χ1n) is 6.58. The largest absolute Gasteiger partial charge is 0.478 e. The van der Waals surface area contributed by atoms with Gasteiger partial charge in [0.25, 0.3) is 0 Å². The lowest BCUT2D eigenvalue weighted by Gasteiger charge is -2.24. The predicted octanol–water partition coefficient (Wildman–Crippen LogP) is 1.73. The molecule has 0 aliphatic heterocycles. The van der Waals surface area contributed by atoms with Crippen LogP contribution in [0.2, 0.25) is 0 Å². The summed E-state index contributed by atoms with van der Waals surface area (Å²) in [6.07, 6.45) is 0. The molecule has 118 valence electrons. The number of benzene rings is 1. The van der Waals surface area contributed by atoms with Crippen LogP contribution in [0, 0.1) is 5.92 Å². The van der Waals surface area contributed by atoms with E-state index in [2.05, 4.69) is 0 Å². The Bertz CT molecular complexity index is 624. The second-order valence-corrected chi connectivity index (χ2v) is 7.70. The van der Waals surface area contributed by atoms with Crippen LogP contribution in [0.4, 0.5) is 5.69 Å². The van der Waals surface area contributed by atoms with Crippen LogP contribution >= 0.6 is 0 Å². The Morgan fingerprint density at radius 3 is 2.24 bits per heavy atom. The van der Waals surface area contributed by atoms with E-state index in [1.165, 1.54) is 26.2 Å². The topological polar surface area (TPSA) is 77.9 Å². The molecule has 1 N–H and O–H groups in total. The van der Waals surface area contributed by atoms with Crippen molar-refractivity contribution in [1.82, 2.24) is 4.31 Å². The number of carboxylic acids is 1. The van der Waals surface area contributed by atoms with Gasteiger partial charge in [-0.25, -0.2) is 17.5 Å². The molecule has 1 aromatic carbocycles. The van der Waals surface area contributed by atoms with Gasteiger partial charge in [0.15, 0.2) is 0 Å². The van der Waals surface area contributed by atoms with Gasteiger partial charge in [0.1, 0.15) is 0 Å². The lowest BCUT2D eigenvalue weighted by atomic mass is 10.1. The van der Waals surface area contributed by atoms with Crippen molar-refractivity contribution in [3.8, 4) is 0 Å². The first-order valence-corrected chi connectivity index (χ1v) is 8.02. The Labute approximate surface area is 126 Å². The Hall–Kier alpha value is -1.60. The zero-order chi connectivity index (χ0) is 16.4. The third-order valence-corrected chi connectivity index (χ3v) is 4.84. The highest BCUT2D eigenvalue weighted by Crippen LogP contribution is 2.25. The van der Waals surface area contributed by atoms with Crippen molar-refractivity contribution < 1.29 is 18.3 Å². The van der Waals surface area contributed by atoms with Crippen LogP contribution in [0.3, 0.4) is 0 Å². The highest BCUT2D eigenvalue weighted by atomic mass is 32.2. The third-order valence-electron chi connectivity index (χ3n) is 3.03. The molecular weight excluding hydrogens is 292 g/mol. The molecule has 0 unspecified atom stereocenters. The summed E-state index contributed by atoms with van der Waals surface area (Å²) in [5.41, 5.74) is 0.495. The molecule has 0 aromatic heterocycles. The molecule has 0 fully saturated rings. The smallest absolute Gasteiger partial charge is 0.337 e. The van der Waals surface area contributed by atoms with Crippen LogP contribution in [-0.4, -0.2) is 51.5 Å². The predicted molar refractivity (Wildman–Crippen MR) is 82.4 cm³/mol. The quantitative estimate of drug-likeness (QED) is 0.865. The number of hydrogen-bond donors (Lipinski definition) is 1. The van der Waals surface area contributed by atoms with Crippen LogP contribution in [0.25, 0.3) is 0 Å². The average molecular weight is 314 g/mol. The Balaban J connectivity index is 3.36. The van der Waals surface area contributed by atoms with E-state index < -0.39 is 16.0 Å². The molecule has 1 rings (SSSR count). The molecule has 0 amide bonds. The number of rotatable bonds is 6. The van der Waals surface area contributed by atoms with E-state index in [1.807, 2.05) is 18.7 Å². The molecule has 6 nitrogen and oxygen atoms in total. The van der Waals surface area contributed by atoms with E-state index in [9.17, 15) is 18.3 Å². The van der Waals surface area contributed by atoms with E-state index in [0.29, 0.717) is 18.2 Å². The standard InChI is InChI=1S/C14H22N2O4S/c1-10(2)9-16(5)13-7-6-11(8-12(13)14(17)18)21(19,20)15(3)4/h6-8,10H,9H2,1-5H3,(H,17,18). The summed E-state index contributed by atoms with van der Waals surface area (Å²) in [5.74, 6) is -0.779. The van der Waals surface area contributed by atoms with Gasteiger partial charge in [0.05, 0.1) is 16.1 Å². The van der Waals surface area contributed by atoms with Crippen LogP contribution in [0.15, 0.2) is 23.1 Å². The summed E-state index contributed by atoms with van der Waals surface area (Å²) < 4.78 is 25.2. The van der Waals surface area contributed by atoms with E-state index in [1.54, 1.807) is 13.1 Å². The van der Waals surface area contributed by atoms with Crippen LogP contribution < -0.4 is 4.90 Å². The van der Waals surface area contributed by atoms with E-state index in [-0.39, 0.29) is 10.5 Å². The molecule has 0 spiro atoms. The molecule has 0 bridgehead atoms. The highest BCUT2D eigenvalue weighted by Gasteiger charge is 2.22. The maximum atomic E-state index is 12.1. The molecule has 0 heterocycles. The van der Waals surface area contributed by atoms with Gasteiger partial charge in [-0.2, -0.15) is 0 Å². The molecular formula is C14H22N2O4S. The number of anilines is 1. The van der Waals surface area contributed by atoms with Crippen molar-refractivity contribution in [3.63, 3.8) is 0 Å². The zero-order valence-corrected chi connectivity index (χ0v) is 13.8. The zero-order valence-electron chi connectivity index (χ0n) is 13.0.